The Labute approximate surface area is 113 Å². The first-order valence-corrected chi connectivity index (χ1v) is 7.13. The van der Waals surface area contributed by atoms with Crippen LogP contribution in [0.4, 0.5) is 8.78 Å². The van der Waals surface area contributed by atoms with Gasteiger partial charge < -0.3 is 0 Å². The molecule has 0 heterocycles. The number of carbonyl (C=O) groups excluding carboxylic acids is 1. The summed E-state index contributed by atoms with van der Waals surface area (Å²) in [4.78, 5) is 12.2. The van der Waals surface area contributed by atoms with Crippen LogP contribution < -0.4 is 0 Å². The highest BCUT2D eigenvalue weighted by Gasteiger charge is 2.20. The molecule has 0 atom stereocenters. The van der Waals surface area contributed by atoms with Crippen LogP contribution in [-0.2, 0) is 11.2 Å². The molecule has 1 saturated carbocycles. The summed E-state index contributed by atoms with van der Waals surface area (Å²) in [6.07, 6.45) is 7.74. The molecule has 0 amide bonds. The summed E-state index contributed by atoms with van der Waals surface area (Å²) >= 11 is 0. The van der Waals surface area contributed by atoms with Crippen molar-refractivity contribution in [2.75, 3.05) is 0 Å². The normalized spacial score (nSPS) is 17.8. The molecular formula is C16H20F2O. The smallest absolute Gasteiger partial charge is 0.140 e. The van der Waals surface area contributed by atoms with Crippen molar-refractivity contribution in [1.82, 2.24) is 0 Å². The lowest BCUT2D eigenvalue weighted by Gasteiger charge is -2.18. The van der Waals surface area contributed by atoms with Crippen LogP contribution in [0.15, 0.2) is 18.2 Å². The van der Waals surface area contributed by atoms with Crippen molar-refractivity contribution >= 4 is 5.78 Å². The molecule has 0 radical (unpaired) electrons. The summed E-state index contributed by atoms with van der Waals surface area (Å²) in [5.74, 6) is -1.05. The van der Waals surface area contributed by atoms with Gasteiger partial charge >= 0.3 is 0 Å². The fraction of sp³-hybridized carbons (Fsp3) is 0.562. The predicted octanol–water partition coefficient (Wildman–Crippen LogP) is 4.44. The van der Waals surface area contributed by atoms with Crippen LogP contribution in [-0.4, -0.2) is 5.78 Å². The van der Waals surface area contributed by atoms with E-state index < -0.39 is 11.6 Å². The van der Waals surface area contributed by atoms with Crippen molar-refractivity contribution < 1.29 is 13.6 Å². The molecule has 1 aromatic carbocycles. The highest BCUT2D eigenvalue weighted by Crippen LogP contribution is 2.24. The molecule has 1 aliphatic rings. The lowest BCUT2D eigenvalue weighted by molar-refractivity contribution is -0.122. The minimum Gasteiger partial charge on any atom is -0.299 e. The van der Waals surface area contributed by atoms with Crippen LogP contribution >= 0.6 is 0 Å². The number of hydrogen-bond donors (Lipinski definition) is 0. The lowest BCUT2D eigenvalue weighted by Crippen LogP contribution is -2.18. The first kappa shape index (κ1) is 14.2. The topological polar surface area (TPSA) is 17.1 Å². The van der Waals surface area contributed by atoms with Gasteiger partial charge in [-0.1, -0.05) is 38.2 Å². The van der Waals surface area contributed by atoms with E-state index in [-0.39, 0.29) is 18.1 Å². The van der Waals surface area contributed by atoms with Crippen LogP contribution in [0.25, 0.3) is 0 Å². The second-order valence-corrected chi connectivity index (χ2v) is 5.42. The maximum Gasteiger partial charge on any atom is 0.140 e. The lowest BCUT2D eigenvalue weighted by atomic mass is 9.86. The number of Topliss-reactive ketones (excluding diaryl/α,β-unsaturated/α-hetero) is 1. The van der Waals surface area contributed by atoms with Gasteiger partial charge in [0.2, 0.25) is 0 Å². The minimum absolute atomic E-state index is 0.0600. The Hall–Kier alpha value is -1.25. The number of carbonyl (C=O) groups is 1. The third-order valence-electron chi connectivity index (χ3n) is 3.94. The van der Waals surface area contributed by atoms with E-state index in [2.05, 4.69) is 0 Å². The Kier molecular flexibility index (Phi) is 5.06. The monoisotopic (exact) mass is 266 g/mol. The van der Waals surface area contributed by atoms with Crippen LogP contribution in [0.3, 0.4) is 0 Å². The first-order valence-electron chi connectivity index (χ1n) is 7.13. The highest BCUT2D eigenvalue weighted by molar-refractivity contribution is 5.83. The largest absolute Gasteiger partial charge is 0.299 e. The van der Waals surface area contributed by atoms with Gasteiger partial charge in [-0.05, 0) is 24.5 Å². The zero-order valence-corrected chi connectivity index (χ0v) is 11.1. The van der Waals surface area contributed by atoms with Crippen LogP contribution in [0.5, 0.6) is 0 Å². The molecule has 0 unspecified atom stereocenters. The zero-order valence-electron chi connectivity index (χ0n) is 11.1. The highest BCUT2D eigenvalue weighted by atomic mass is 19.1. The van der Waals surface area contributed by atoms with Crippen molar-refractivity contribution in [3.05, 3.63) is 35.4 Å². The Morgan fingerprint density at radius 2 is 1.68 bits per heavy atom. The average molecular weight is 266 g/mol. The number of rotatable bonds is 3. The quantitative estimate of drug-likeness (QED) is 0.790. The van der Waals surface area contributed by atoms with Gasteiger partial charge in [-0.15, -0.1) is 0 Å². The summed E-state index contributed by atoms with van der Waals surface area (Å²) < 4.78 is 26.3. The maximum atomic E-state index is 13.5. The van der Waals surface area contributed by atoms with E-state index in [4.69, 9.17) is 0 Å². The molecular weight excluding hydrogens is 246 g/mol. The van der Waals surface area contributed by atoms with Crippen LogP contribution in [0.2, 0.25) is 0 Å². The van der Waals surface area contributed by atoms with E-state index in [1.165, 1.54) is 31.4 Å². The predicted molar refractivity (Wildman–Crippen MR) is 70.9 cm³/mol. The molecule has 3 heteroatoms. The standard InChI is InChI=1S/C16H20F2O/c17-14-9-8-13(15(18)11-14)10-16(19)12-6-4-2-1-3-5-7-12/h8-9,11-12H,1-7,10H2. The van der Waals surface area contributed by atoms with Gasteiger partial charge in [-0.25, -0.2) is 8.78 Å². The molecule has 1 nitrogen and oxygen atoms in total. The molecule has 19 heavy (non-hydrogen) atoms. The van der Waals surface area contributed by atoms with E-state index in [0.717, 1.165) is 31.7 Å². The first-order chi connectivity index (χ1) is 9.16. The second-order valence-electron chi connectivity index (χ2n) is 5.42. The molecule has 1 aromatic rings. The summed E-state index contributed by atoms with van der Waals surface area (Å²) in [6.45, 7) is 0. The van der Waals surface area contributed by atoms with Crippen molar-refractivity contribution in [3.63, 3.8) is 0 Å². The molecule has 0 aliphatic heterocycles. The fourth-order valence-electron chi connectivity index (χ4n) is 2.78. The molecule has 0 saturated heterocycles. The van der Waals surface area contributed by atoms with Gasteiger partial charge in [0, 0.05) is 18.4 Å². The van der Waals surface area contributed by atoms with Gasteiger partial charge in [0.1, 0.15) is 17.4 Å². The Balaban J connectivity index is 1.98. The number of hydrogen-bond acceptors (Lipinski definition) is 1. The van der Waals surface area contributed by atoms with Gasteiger partial charge in [-0.3, -0.25) is 4.79 Å². The zero-order chi connectivity index (χ0) is 13.7. The summed E-state index contributed by atoms with van der Waals surface area (Å²) in [5, 5.41) is 0. The summed E-state index contributed by atoms with van der Waals surface area (Å²) in [6, 6.07) is 3.44. The molecule has 104 valence electrons. The van der Waals surface area contributed by atoms with E-state index in [1.54, 1.807) is 0 Å². The van der Waals surface area contributed by atoms with Crippen molar-refractivity contribution in [2.45, 2.75) is 51.4 Å². The van der Waals surface area contributed by atoms with Gasteiger partial charge in [-0.2, -0.15) is 0 Å². The van der Waals surface area contributed by atoms with Crippen molar-refractivity contribution in [2.24, 2.45) is 5.92 Å². The Bertz CT molecular complexity index is 434. The van der Waals surface area contributed by atoms with E-state index in [9.17, 15) is 13.6 Å². The van der Waals surface area contributed by atoms with E-state index in [0.29, 0.717) is 5.56 Å². The summed E-state index contributed by atoms with van der Waals surface area (Å²) in [7, 11) is 0. The Morgan fingerprint density at radius 1 is 1.05 bits per heavy atom. The number of ketones is 1. The minimum atomic E-state index is -0.612. The average Bonchev–Trinajstić information content (AvgIpc) is 2.32. The number of halogens is 2. The Morgan fingerprint density at radius 3 is 2.32 bits per heavy atom. The van der Waals surface area contributed by atoms with E-state index >= 15 is 0 Å². The van der Waals surface area contributed by atoms with Crippen molar-refractivity contribution in [1.29, 1.82) is 0 Å². The molecule has 0 spiro atoms. The van der Waals surface area contributed by atoms with Crippen molar-refractivity contribution in [3.8, 4) is 0 Å². The molecule has 0 N–H and O–H groups in total. The van der Waals surface area contributed by atoms with Gasteiger partial charge in [0.25, 0.3) is 0 Å². The molecule has 0 bridgehead atoms. The molecule has 1 aliphatic carbocycles. The molecule has 0 aromatic heterocycles. The van der Waals surface area contributed by atoms with E-state index in [1.807, 2.05) is 0 Å². The molecule has 1 fully saturated rings. The third kappa shape index (κ3) is 4.12. The summed E-state index contributed by atoms with van der Waals surface area (Å²) in [5.41, 5.74) is 0.313. The number of benzene rings is 1. The van der Waals surface area contributed by atoms with Gasteiger partial charge in [0.05, 0.1) is 0 Å². The SMILES string of the molecule is O=C(Cc1ccc(F)cc1F)C1CCCCCCC1. The second kappa shape index (κ2) is 6.78. The molecule has 2 rings (SSSR count). The maximum absolute atomic E-state index is 13.5. The van der Waals surface area contributed by atoms with Crippen LogP contribution in [0, 0.1) is 17.6 Å². The van der Waals surface area contributed by atoms with Crippen LogP contribution in [0.1, 0.15) is 50.5 Å². The van der Waals surface area contributed by atoms with Gasteiger partial charge in [0.15, 0.2) is 0 Å². The fourth-order valence-corrected chi connectivity index (χ4v) is 2.78. The third-order valence-corrected chi connectivity index (χ3v) is 3.94.